The molecule has 0 aromatic carbocycles. The van der Waals surface area contributed by atoms with Crippen LogP contribution in [0.15, 0.2) is 0 Å². The normalized spacial score (nSPS) is 53.2. The molecule has 328 valence electrons. The molecule has 26 nitrogen and oxygen atoms in total. The Labute approximate surface area is 316 Å². The first-order valence-corrected chi connectivity index (χ1v) is 17.6. The van der Waals surface area contributed by atoms with Crippen LogP contribution in [0, 0.1) is 0 Å². The summed E-state index contributed by atoms with van der Waals surface area (Å²) in [5.41, 5.74) is 0. The summed E-state index contributed by atoms with van der Waals surface area (Å²) in [6, 6.07) is 0. The lowest BCUT2D eigenvalue weighted by atomic mass is 9.95. The molecule has 0 aromatic rings. The van der Waals surface area contributed by atoms with Gasteiger partial charge in [0.2, 0.25) is 0 Å². The molecule has 5 fully saturated rings. The van der Waals surface area contributed by atoms with Gasteiger partial charge in [-0.05, 0) is 0 Å². The topological polar surface area (TPSA) is 427 Å². The molecule has 0 radical (unpaired) electrons. The van der Waals surface area contributed by atoms with Crippen LogP contribution in [-0.4, -0.2) is 273 Å². The summed E-state index contributed by atoms with van der Waals surface area (Å²) in [5.74, 6) is 0. The van der Waals surface area contributed by atoms with Gasteiger partial charge >= 0.3 is 0 Å². The average Bonchev–Trinajstić information content (AvgIpc) is 3.18. The van der Waals surface area contributed by atoms with Gasteiger partial charge in [-0.3, -0.25) is 0 Å². The first kappa shape index (κ1) is 46.0. The largest absolute Gasteiger partial charge is 0.394 e. The summed E-state index contributed by atoms with van der Waals surface area (Å²) >= 11 is 0. The summed E-state index contributed by atoms with van der Waals surface area (Å²) in [7, 11) is 0. The second-order valence-electron chi connectivity index (χ2n) is 13.9. The van der Waals surface area contributed by atoms with Crippen molar-refractivity contribution in [2.45, 2.75) is 154 Å². The quantitative estimate of drug-likeness (QED) is 0.0819. The Bertz CT molecular complexity index is 1210. The molecule has 5 rings (SSSR count). The minimum absolute atomic E-state index is 0.837. The van der Waals surface area contributed by atoms with Gasteiger partial charge in [-0.25, -0.2) is 0 Å². The van der Waals surface area contributed by atoms with Crippen molar-refractivity contribution in [3.63, 3.8) is 0 Å². The predicted molar refractivity (Wildman–Crippen MR) is 167 cm³/mol. The lowest BCUT2D eigenvalue weighted by Crippen LogP contribution is -2.68. The second-order valence-corrected chi connectivity index (χ2v) is 13.9. The monoisotopic (exact) mass is 828 g/mol. The van der Waals surface area contributed by atoms with E-state index >= 15 is 0 Å². The SMILES string of the molecule is OC[C@H]1O[C@@H](O[C@@H]2[C@@H](O)[C@H](O[C@@H]3[C@@H](O)[C@H](O[C@@H]4[C@@H](O)[C@H](O[C@H]5[C@H](O)[C@@H](CO)OC(O)[C@@H]5O)O[C@H](CO)[C@H]4O)O[C@H](CO)[C@H]3O)O[C@H](CO)[C@H]2O)[C@H](O)[C@@H](O)[C@@H]1O. The minimum Gasteiger partial charge on any atom is -0.394 e. The first-order valence-electron chi connectivity index (χ1n) is 17.6. The molecule has 0 aromatic heterocycles. The molecule has 0 bridgehead atoms. The molecule has 56 heavy (non-hydrogen) atoms. The number of hydrogen-bond acceptors (Lipinski definition) is 26. The van der Waals surface area contributed by atoms with Crippen LogP contribution in [0.5, 0.6) is 0 Å². The minimum atomic E-state index is -2.18. The van der Waals surface area contributed by atoms with Crippen molar-refractivity contribution in [2.75, 3.05) is 33.0 Å². The molecule has 25 atom stereocenters. The van der Waals surface area contributed by atoms with Crippen LogP contribution >= 0.6 is 0 Å². The Morgan fingerprint density at radius 1 is 0.268 bits per heavy atom. The van der Waals surface area contributed by atoms with Crippen LogP contribution in [-0.2, 0) is 42.6 Å². The number of aliphatic hydroxyl groups excluding tert-OH is 17. The van der Waals surface area contributed by atoms with E-state index in [4.69, 9.17) is 42.6 Å². The molecule has 0 aliphatic carbocycles. The Balaban J connectivity index is 1.34. The molecule has 0 spiro atoms. The van der Waals surface area contributed by atoms with E-state index in [2.05, 4.69) is 0 Å². The lowest BCUT2D eigenvalue weighted by Gasteiger charge is -2.49. The highest BCUT2D eigenvalue weighted by atomic mass is 16.8. The van der Waals surface area contributed by atoms with Crippen molar-refractivity contribution < 1.29 is 129 Å². The number of hydrogen-bond donors (Lipinski definition) is 17. The van der Waals surface area contributed by atoms with E-state index < -0.39 is 187 Å². The summed E-state index contributed by atoms with van der Waals surface area (Å²) in [6.45, 7) is -4.58. The highest BCUT2D eigenvalue weighted by Crippen LogP contribution is 2.35. The third kappa shape index (κ3) is 9.16. The van der Waals surface area contributed by atoms with Crippen molar-refractivity contribution in [3.05, 3.63) is 0 Å². The van der Waals surface area contributed by atoms with Gasteiger partial charge in [-0.15, -0.1) is 0 Å². The predicted octanol–water partition coefficient (Wildman–Crippen LogP) is -11.9. The molecular formula is C30H52O26. The smallest absolute Gasteiger partial charge is 0.187 e. The van der Waals surface area contributed by atoms with Gasteiger partial charge < -0.3 is 129 Å². The maximum atomic E-state index is 11.4. The van der Waals surface area contributed by atoms with Crippen molar-refractivity contribution in [1.29, 1.82) is 0 Å². The van der Waals surface area contributed by atoms with E-state index in [0.29, 0.717) is 0 Å². The third-order valence-electron chi connectivity index (χ3n) is 10.3. The molecule has 26 heteroatoms. The molecule has 0 saturated carbocycles. The lowest BCUT2D eigenvalue weighted by molar-refractivity contribution is -0.395. The zero-order chi connectivity index (χ0) is 41.3. The van der Waals surface area contributed by atoms with Gasteiger partial charge in [0.1, 0.15) is 122 Å². The van der Waals surface area contributed by atoms with E-state index in [1.165, 1.54) is 0 Å². The van der Waals surface area contributed by atoms with Gasteiger partial charge in [0.15, 0.2) is 31.5 Å². The van der Waals surface area contributed by atoms with Gasteiger partial charge in [-0.1, -0.05) is 0 Å². The highest BCUT2D eigenvalue weighted by molar-refractivity contribution is 4.99. The molecule has 5 aliphatic heterocycles. The fourth-order valence-electron chi connectivity index (χ4n) is 7.01. The van der Waals surface area contributed by atoms with Crippen LogP contribution in [0.3, 0.4) is 0 Å². The van der Waals surface area contributed by atoms with E-state index in [1.54, 1.807) is 0 Å². The molecule has 5 aliphatic rings. The molecule has 0 amide bonds. The average molecular weight is 829 g/mol. The Hall–Kier alpha value is -1.04. The second kappa shape index (κ2) is 19.6. The van der Waals surface area contributed by atoms with E-state index in [-0.39, 0.29) is 0 Å². The molecule has 17 N–H and O–H groups in total. The van der Waals surface area contributed by atoms with Crippen LogP contribution in [0.1, 0.15) is 0 Å². The number of rotatable bonds is 13. The van der Waals surface area contributed by atoms with E-state index in [0.717, 1.165) is 0 Å². The van der Waals surface area contributed by atoms with Crippen molar-refractivity contribution in [3.8, 4) is 0 Å². The summed E-state index contributed by atoms with van der Waals surface area (Å²) in [5, 5.41) is 177. The van der Waals surface area contributed by atoms with Crippen molar-refractivity contribution >= 4 is 0 Å². The number of aliphatic hydroxyl groups is 17. The zero-order valence-electron chi connectivity index (χ0n) is 29.2. The van der Waals surface area contributed by atoms with Crippen LogP contribution < -0.4 is 0 Å². The summed E-state index contributed by atoms with van der Waals surface area (Å²) < 4.78 is 48.9. The van der Waals surface area contributed by atoms with Gasteiger partial charge in [0, 0.05) is 0 Å². The molecular weight excluding hydrogens is 776 g/mol. The Morgan fingerprint density at radius 3 is 0.821 bits per heavy atom. The maximum absolute atomic E-state index is 11.4. The van der Waals surface area contributed by atoms with Crippen molar-refractivity contribution in [2.24, 2.45) is 0 Å². The fraction of sp³-hybridized carbons (Fsp3) is 1.00. The Kier molecular flexibility index (Phi) is 16.1. The van der Waals surface area contributed by atoms with Gasteiger partial charge in [-0.2, -0.15) is 0 Å². The highest BCUT2D eigenvalue weighted by Gasteiger charge is 2.56. The standard InChI is InChI=1S/C30H52O26/c31-1-6-11(36)16(41)17(42)27(49-6)54-23-13(38)8(3-33)51-29(19(23)44)56-25-15(40)10(5-35)52-30(21(25)46)55-24-14(39)9(4-34)50-28(20(24)45)53-22-12(37)7(2-32)48-26(47)18(22)43/h6-47H,1-5H2/t6-,7-,8-,9-,10-,11-,12-,13-,14-,15-,16+,17-,18-,19-,20-,21-,22+,23+,24+,25+,26?,27+,28+,29+,30+/m1/s1. The van der Waals surface area contributed by atoms with Gasteiger partial charge in [0.25, 0.3) is 0 Å². The molecule has 5 saturated heterocycles. The van der Waals surface area contributed by atoms with E-state index in [9.17, 15) is 86.8 Å². The van der Waals surface area contributed by atoms with Gasteiger partial charge in [0.05, 0.1) is 33.0 Å². The number of ether oxygens (including phenoxy) is 9. The summed E-state index contributed by atoms with van der Waals surface area (Å²) in [6.07, 6.45) is -47.2. The maximum Gasteiger partial charge on any atom is 0.187 e. The fourth-order valence-corrected chi connectivity index (χ4v) is 7.01. The molecule has 5 heterocycles. The van der Waals surface area contributed by atoms with Crippen molar-refractivity contribution in [1.82, 2.24) is 0 Å². The van der Waals surface area contributed by atoms with Crippen LogP contribution in [0.2, 0.25) is 0 Å². The first-order chi connectivity index (χ1) is 26.5. The third-order valence-corrected chi connectivity index (χ3v) is 10.3. The Morgan fingerprint density at radius 2 is 0.518 bits per heavy atom. The zero-order valence-corrected chi connectivity index (χ0v) is 29.2. The van der Waals surface area contributed by atoms with Crippen LogP contribution in [0.4, 0.5) is 0 Å². The van der Waals surface area contributed by atoms with E-state index in [1.807, 2.05) is 0 Å². The molecule has 1 unspecified atom stereocenters. The van der Waals surface area contributed by atoms with Crippen LogP contribution in [0.25, 0.3) is 0 Å². The summed E-state index contributed by atoms with van der Waals surface area (Å²) in [4.78, 5) is 0.